The van der Waals surface area contributed by atoms with Gasteiger partial charge in [-0.2, -0.15) is 0 Å². The fraction of sp³-hybridized carbons (Fsp3) is 0.800. The number of carbonyl (C=O) groups is 2. The number of carboxylic acids is 2. The van der Waals surface area contributed by atoms with Crippen LogP contribution in [0.3, 0.4) is 0 Å². The van der Waals surface area contributed by atoms with Gasteiger partial charge in [0, 0.05) is 19.2 Å². The van der Waals surface area contributed by atoms with Crippen LogP contribution < -0.4 is 0 Å². The first-order chi connectivity index (χ1) is 12.8. The van der Waals surface area contributed by atoms with Gasteiger partial charge < -0.3 is 10.2 Å². The Bertz CT molecular complexity index is 662. The highest BCUT2D eigenvalue weighted by atomic mass is 16.8. The van der Waals surface area contributed by atoms with Crippen molar-refractivity contribution in [2.75, 3.05) is 0 Å². The minimum absolute atomic E-state index is 1.68. The highest BCUT2D eigenvalue weighted by Gasteiger charge is 2.64. The Kier molecular flexibility index (Phi) is 0.734. The molecule has 1 heterocycles. The second kappa shape index (κ2) is 3.43. The minimum Gasteiger partial charge on any atom is -0.481 e. The van der Waals surface area contributed by atoms with E-state index in [0.29, 0.717) is 0 Å². The van der Waals surface area contributed by atoms with E-state index in [9.17, 15) is 25.0 Å². The van der Waals surface area contributed by atoms with E-state index in [1.165, 1.54) is 0 Å². The number of carboxylic acid groups (broad SMARTS) is 2. The summed E-state index contributed by atoms with van der Waals surface area (Å²) in [5, 5.41) is 30.8. The van der Waals surface area contributed by atoms with Crippen molar-refractivity contribution in [3.63, 3.8) is 0 Å². The number of nitrogens with zero attached hydrogens (tertiary/aromatic N) is 1. The van der Waals surface area contributed by atoms with Crippen LogP contribution in [0.1, 0.15) is 46.6 Å². The summed E-state index contributed by atoms with van der Waals surface area (Å²) >= 11 is 0. The van der Waals surface area contributed by atoms with Gasteiger partial charge in [0.05, 0.1) is 22.9 Å². The Morgan fingerprint density at radius 2 is 1.44 bits per heavy atom. The van der Waals surface area contributed by atoms with Crippen LogP contribution in [0.4, 0.5) is 0 Å². The van der Waals surface area contributed by atoms with Crippen molar-refractivity contribution in [2.45, 2.75) is 38.5 Å². The first-order valence-corrected chi connectivity index (χ1v) is 3.74. The van der Waals surface area contributed by atoms with E-state index in [1.54, 1.807) is 0 Å². The van der Waals surface area contributed by atoms with Gasteiger partial charge in [0.25, 0.3) is 0 Å². The minimum atomic E-state index is -4.83. The molecular weight excluding hydrogens is 215 g/mol. The molecule has 6 heteroatoms. The molecule has 91 valence electrons. The number of rotatable bonds is 2. The van der Waals surface area contributed by atoms with Crippen LogP contribution in [0.5, 0.6) is 0 Å². The molecule has 2 N–H and O–H groups in total. The van der Waals surface area contributed by atoms with Crippen molar-refractivity contribution in [1.29, 1.82) is 0 Å². The fourth-order valence-electron chi connectivity index (χ4n) is 1.34. The lowest BCUT2D eigenvalue weighted by Gasteiger charge is -2.32. The molecule has 0 bridgehead atoms. The number of aliphatic carboxylic acids is 2. The largest absolute Gasteiger partial charge is 0.481 e. The average Bonchev–Trinajstić information content (AvgIpc) is 2.57. The van der Waals surface area contributed by atoms with E-state index < -0.39 is 67.3 Å². The molecule has 6 nitrogen and oxygen atoms in total. The maximum Gasteiger partial charge on any atom is 0.309 e. The van der Waals surface area contributed by atoms with Crippen molar-refractivity contribution in [3.8, 4) is 0 Å². The van der Waals surface area contributed by atoms with Gasteiger partial charge in [-0.3, -0.25) is 9.59 Å². The van der Waals surface area contributed by atoms with E-state index in [1.807, 2.05) is 0 Å². The molecule has 0 amide bonds. The second-order valence-electron chi connectivity index (χ2n) is 3.08. The highest BCUT2D eigenvalue weighted by molar-refractivity contribution is 5.83. The Hall–Kier alpha value is -1.14. The lowest BCUT2D eigenvalue weighted by atomic mass is 9.77. The van der Waals surface area contributed by atoms with Crippen LogP contribution in [0.2, 0.25) is 0 Å². The van der Waals surface area contributed by atoms with Crippen LogP contribution in [0.25, 0.3) is 0 Å². The molecule has 2 atom stereocenters. The quantitative estimate of drug-likeness (QED) is 0.694. The summed E-state index contributed by atoms with van der Waals surface area (Å²) in [6.07, 6.45) is 0. The molecule has 1 aliphatic rings. The standard InChI is InChI=1S/C10H16NO5/c1-9(2)5(7(12)13)6(8(14)15)10(3,4)11(9)16/h5-6H,1-4H3,(H,12,13)(H,14,15)/i1D3,2D3,3D3,4D3,5D,6D,11+1. The molecule has 1 fully saturated rings. The van der Waals surface area contributed by atoms with Crippen LogP contribution in [0, 0.1) is 11.8 Å². The zero-order chi connectivity index (χ0) is 24.7. The van der Waals surface area contributed by atoms with Gasteiger partial charge >= 0.3 is 11.9 Å². The Morgan fingerprint density at radius 1 is 1.12 bits per heavy atom. The summed E-state index contributed by atoms with van der Waals surface area (Å²) in [5.41, 5.74) is -9.55. The molecule has 0 saturated carbocycles. The predicted octanol–water partition coefficient (Wildman–Crippen LogP) is 0.606. The predicted molar refractivity (Wildman–Crippen MR) is 52.9 cm³/mol. The smallest absolute Gasteiger partial charge is 0.309 e. The number of hydrogen-bond donors (Lipinski definition) is 2. The van der Waals surface area contributed by atoms with E-state index in [4.69, 9.17) is 19.2 Å². The molecule has 1 rings (SSSR count). The topological polar surface area (TPSA) is 97.7 Å². The molecule has 0 spiro atoms. The Labute approximate surface area is 113 Å². The highest BCUT2D eigenvalue weighted by Crippen LogP contribution is 2.48. The Morgan fingerprint density at radius 3 is 1.62 bits per heavy atom. The fourth-order valence-corrected chi connectivity index (χ4v) is 1.34. The first kappa shape index (κ1) is 3.43. The van der Waals surface area contributed by atoms with Gasteiger partial charge in [-0.1, -0.05) is 0 Å². The zero-order valence-corrected chi connectivity index (χ0v) is 7.57. The van der Waals surface area contributed by atoms with Crippen molar-refractivity contribution < 1.29 is 44.2 Å². The van der Waals surface area contributed by atoms with Crippen LogP contribution in [0.15, 0.2) is 0 Å². The third kappa shape index (κ3) is 1.49. The molecular formula is C10H16NO5. The molecule has 0 aromatic heterocycles. The van der Waals surface area contributed by atoms with Crippen LogP contribution in [-0.4, -0.2) is 38.3 Å². The molecule has 16 heavy (non-hydrogen) atoms. The molecule has 1 aliphatic heterocycles. The molecule has 0 aromatic carbocycles. The maximum atomic E-state index is 13.3. The van der Waals surface area contributed by atoms with Crippen molar-refractivity contribution in [1.82, 2.24) is 5.06 Å². The normalized spacial score (nSPS) is 57.8. The SMILES string of the molecule is [2H]C([2H])([2H])C1(C([2H])([2H])[2H])[15N]([O])C(C([2H])([2H])[2H])(C([2H])([2H])[2H])C([2H])(C(=O)O)C1([2H])C(=O)O. The summed E-state index contributed by atoms with van der Waals surface area (Å²) < 4.78 is 107. The van der Waals surface area contributed by atoms with Gasteiger partial charge in [-0.05, 0) is 27.4 Å². The summed E-state index contributed by atoms with van der Waals surface area (Å²) in [7, 11) is 0. The van der Waals surface area contributed by atoms with E-state index >= 15 is 0 Å². The second-order valence-corrected chi connectivity index (χ2v) is 3.08. The van der Waals surface area contributed by atoms with Gasteiger partial charge in [0.2, 0.25) is 0 Å². The molecule has 1 radical (unpaired) electrons. The Balaban J connectivity index is 4.72. The van der Waals surface area contributed by atoms with Gasteiger partial charge in [0.1, 0.15) is 0 Å². The first-order valence-electron chi connectivity index (χ1n) is 10.7. The van der Waals surface area contributed by atoms with E-state index in [-0.39, 0.29) is 0 Å². The van der Waals surface area contributed by atoms with Crippen molar-refractivity contribution in [2.24, 2.45) is 11.8 Å². The molecule has 0 aromatic rings. The molecule has 1 saturated heterocycles. The van der Waals surface area contributed by atoms with E-state index in [0.717, 1.165) is 0 Å². The summed E-state index contributed by atoms with van der Waals surface area (Å²) in [5.74, 6) is -15.6. The summed E-state index contributed by atoms with van der Waals surface area (Å²) in [6, 6.07) is 0. The van der Waals surface area contributed by atoms with Gasteiger partial charge in [0.15, 0.2) is 0 Å². The zero-order valence-electron chi connectivity index (χ0n) is 21.6. The molecule has 2 unspecified atom stereocenters. The lowest BCUT2D eigenvalue weighted by molar-refractivity contribution is -0.251. The lowest BCUT2D eigenvalue weighted by Crippen LogP contribution is -2.48. The van der Waals surface area contributed by atoms with Crippen LogP contribution >= 0.6 is 0 Å². The average molecular weight is 245 g/mol. The number of hydroxylamine groups is 2. The maximum absolute atomic E-state index is 13.3. The number of hydrogen-bond acceptors (Lipinski definition) is 3. The summed E-state index contributed by atoms with van der Waals surface area (Å²) in [4.78, 5) is 24.1. The molecule has 0 aliphatic carbocycles. The monoisotopic (exact) mass is 245 g/mol. The third-order valence-electron chi connectivity index (χ3n) is 2.01. The third-order valence-corrected chi connectivity index (χ3v) is 2.01. The van der Waals surface area contributed by atoms with Crippen molar-refractivity contribution >= 4 is 11.9 Å². The van der Waals surface area contributed by atoms with Crippen molar-refractivity contribution in [3.05, 3.63) is 0 Å². The van der Waals surface area contributed by atoms with E-state index in [2.05, 4.69) is 0 Å². The van der Waals surface area contributed by atoms with Crippen LogP contribution in [-0.2, 0) is 14.8 Å². The summed E-state index contributed by atoms with van der Waals surface area (Å²) in [6.45, 7) is -17.9. The van der Waals surface area contributed by atoms with Gasteiger partial charge in [-0.15, -0.1) is 10.3 Å². The van der Waals surface area contributed by atoms with Gasteiger partial charge in [-0.25, -0.2) is 0 Å².